The molecule has 0 aliphatic rings. The number of aryl methyl sites for hydroxylation is 1. The largest absolute Gasteiger partial charge is 0.491 e. The number of fused-ring (bicyclic) bond motifs is 1. The van der Waals surface area contributed by atoms with Crippen LogP contribution in [0.2, 0.25) is 0 Å². The lowest BCUT2D eigenvalue weighted by atomic mass is 10.2. The molecule has 25 heavy (non-hydrogen) atoms. The van der Waals surface area contributed by atoms with Gasteiger partial charge in [0.1, 0.15) is 24.3 Å². The quantitative estimate of drug-likeness (QED) is 0.711. The van der Waals surface area contributed by atoms with E-state index in [0.29, 0.717) is 12.5 Å². The molecule has 1 heterocycles. The van der Waals surface area contributed by atoms with E-state index < -0.39 is 6.10 Å². The minimum Gasteiger partial charge on any atom is -0.491 e. The van der Waals surface area contributed by atoms with Crippen molar-refractivity contribution in [2.24, 2.45) is 0 Å². The van der Waals surface area contributed by atoms with Crippen molar-refractivity contribution in [1.29, 1.82) is 0 Å². The molecule has 1 N–H and O–H groups in total. The van der Waals surface area contributed by atoms with E-state index in [1.54, 1.807) is 0 Å². The zero-order chi connectivity index (χ0) is 17.1. The van der Waals surface area contributed by atoms with Gasteiger partial charge in [-0.25, -0.2) is 4.98 Å². The molecule has 0 saturated heterocycles. The molecule has 1 aromatic heterocycles. The predicted molar refractivity (Wildman–Crippen MR) is 104 cm³/mol. The maximum absolute atomic E-state index is 10.4. The molecule has 1 atom stereocenters. The topological polar surface area (TPSA) is 47.3 Å². The summed E-state index contributed by atoms with van der Waals surface area (Å²) < 4.78 is 7.80. The number of rotatable bonds is 6. The van der Waals surface area contributed by atoms with Crippen molar-refractivity contribution >= 4 is 23.4 Å². The van der Waals surface area contributed by atoms with Crippen LogP contribution >= 0.6 is 12.4 Å². The normalized spacial score (nSPS) is 12.2. The van der Waals surface area contributed by atoms with E-state index in [1.165, 1.54) is 5.56 Å². The molecule has 0 bridgehead atoms. The third-order valence-electron chi connectivity index (χ3n) is 4.06. The summed E-state index contributed by atoms with van der Waals surface area (Å²) in [5.74, 6) is 2.06. The third kappa shape index (κ3) is 4.53. The highest BCUT2D eigenvalue weighted by Crippen LogP contribution is 2.22. The lowest BCUT2D eigenvalue weighted by Gasteiger charge is -2.17. The summed E-state index contributed by atoms with van der Waals surface area (Å²) in [6.07, 6.45) is -0.596. The molecule has 0 fully saturated rings. The zero-order valence-electron chi connectivity index (χ0n) is 14.8. The Balaban J connectivity index is 0.00000225. The number of nitrogens with zero attached hydrogens (tertiary/aromatic N) is 2. The molecule has 3 aromatic rings. The molecule has 0 saturated carbocycles. The molecule has 0 amide bonds. The van der Waals surface area contributed by atoms with Crippen molar-refractivity contribution in [1.82, 2.24) is 9.55 Å². The summed E-state index contributed by atoms with van der Waals surface area (Å²) in [4.78, 5) is 4.70. The first-order valence-electron chi connectivity index (χ1n) is 8.37. The number of ether oxygens (including phenoxy) is 1. The Bertz CT molecular complexity index is 812. The van der Waals surface area contributed by atoms with Gasteiger partial charge in [0.25, 0.3) is 0 Å². The fourth-order valence-corrected chi connectivity index (χ4v) is 2.82. The first kappa shape index (κ1) is 19.3. The maximum atomic E-state index is 10.4. The molecule has 5 heteroatoms. The molecule has 1 unspecified atom stereocenters. The average molecular weight is 361 g/mol. The number of aliphatic hydroxyl groups excluding tert-OH is 1. The Morgan fingerprint density at radius 1 is 1.08 bits per heavy atom. The Labute approximate surface area is 154 Å². The van der Waals surface area contributed by atoms with Crippen molar-refractivity contribution in [3.63, 3.8) is 0 Å². The van der Waals surface area contributed by atoms with Crippen LogP contribution in [0.1, 0.15) is 31.2 Å². The number of imidazole rings is 1. The second-order valence-corrected chi connectivity index (χ2v) is 6.50. The number of hydrogen-bond acceptors (Lipinski definition) is 3. The highest BCUT2D eigenvalue weighted by Gasteiger charge is 2.16. The highest BCUT2D eigenvalue weighted by atomic mass is 35.5. The number of halogens is 1. The van der Waals surface area contributed by atoms with Crippen LogP contribution in [-0.4, -0.2) is 27.4 Å². The van der Waals surface area contributed by atoms with E-state index in [0.717, 1.165) is 22.6 Å². The maximum Gasteiger partial charge on any atom is 0.119 e. The second-order valence-electron chi connectivity index (χ2n) is 6.50. The van der Waals surface area contributed by atoms with Gasteiger partial charge in [-0.05, 0) is 31.2 Å². The summed E-state index contributed by atoms with van der Waals surface area (Å²) in [5.41, 5.74) is 3.21. The van der Waals surface area contributed by atoms with Crippen molar-refractivity contribution < 1.29 is 9.84 Å². The van der Waals surface area contributed by atoms with Crippen molar-refractivity contribution in [3.8, 4) is 5.75 Å². The fraction of sp³-hybridized carbons (Fsp3) is 0.350. The Morgan fingerprint density at radius 2 is 1.76 bits per heavy atom. The van der Waals surface area contributed by atoms with E-state index in [2.05, 4.69) is 18.4 Å². The lowest BCUT2D eigenvalue weighted by molar-refractivity contribution is 0.0925. The first-order valence-corrected chi connectivity index (χ1v) is 8.37. The standard InChI is InChI=1S/C20H24N2O2.ClH/c1-14(2)20-21-18-6-4-5-7-19(18)22(20)12-16(23)13-24-17-10-8-15(3)9-11-17;/h4-11,14,16,23H,12-13H2,1-3H3;1H. The van der Waals surface area contributed by atoms with E-state index in [1.807, 2.05) is 55.5 Å². The number of aliphatic hydroxyl groups is 1. The Kier molecular flexibility index (Phi) is 6.45. The molecule has 2 aromatic carbocycles. The van der Waals surface area contributed by atoms with Gasteiger partial charge in [0.05, 0.1) is 17.6 Å². The first-order chi connectivity index (χ1) is 11.5. The van der Waals surface area contributed by atoms with Gasteiger partial charge in [-0.2, -0.15) is 0 Å². The zero-order valence-corrected chi connectivity index (χ0v) is 15.7. The van der Waals surface area contributed by atoms with Crippen LogP contribution in [0.25, 0.3) is 11.0 Å². The SMILES string of the molecule is Cc1ccc(OCC(O)Cn2c(C(C)C)nc3ccccc32)cc1.Cl. The molecular weight excluding hydrogens is 336 g/mol. The van der Waals surface area contributed by atoms with Crippen LogP contribution in [0.3, 0.4) is 0 Å². The van der Waals surface area contributed by atoms with Crippen LogP contribution in [-0.2, 0) is 6.54 Å². The van der Waals surface area contributed by atoms with Gasteiger partial charge in [-0.1, -0.05) is 43.7 Å². The summed E-state index contributed by atoms with van der Waals surface area (Å²) in [5, 5.41) is 10.4. The van der Waals surface area contributed by atoms with Crippen LogP contribution in [0.4, 0.5) is 0 Å². The van der Waals surface area contributed by atoms with Gasteiger partial charge in [0, 0.05) is 5.92 Å². The summed E-state index contributed by atoms with van der Waals surface area (Å²) in [7, 11) is 0. The lowest BCUT2D eigenvalue weighted by Crippen LogP contribution is -2.24. The molecule has 0 aliphatic carbocycles. The predicted octanol–water partition coefficient (Wildman–Crippen LogP) is 4.33. The van der Waals surface area contributed by atoms with Crippen LogP contribution in [0, 0.1) is 6.92 Å². The minimum absolute atomic E-state index is 0. The molecule has 0 radical (unpaired) electrons. The summed E-state index contributed by atoms with van der Waals surface area (Å²) >= 11 is 0. The van der Waals surface area contributed by atoms with Crippen molar-refractivity contribution in [3.05, 3.63) is 59.9 Å². The third-order valence-corrected chi connectivity index (χ3v) is 4.06. The van der Waals surface area contributed by atoms with Gasteiger partial charge >= 0.3 is 0 Å². The van der Waals surface area contributed by atoms with E-state index in [-0.39, 0.29) is 19.0 Å². The van der Waals surface area contributed by atoms with Gasteiger partial charge in [0.15, 0.2) is 0 Å². The number of hydrogen-bond donors (Lipinski definition) is 1. The number of benzene rings is 2. The monoisotopic (exact) mass is 360 g/mol. The van der Waals surface area contributed by atoms with Gasteiger partial charge in [-0.15, -0.1) is 12.4 Å². The van der Waals surface area contributed by atoms with Gasteiger partial charge in [-0.3, -0.25) is 0 Å². The molecule has 4 nitrogen and oxygen atoms in total. The van der Waals surface area contributed by atoms with Crippen LogP contribution in [0.15, 0.2) is 48.5 Å². The van der Waals surface area contributed by atoms with Crippen LogP contribution in [0.5, 0.6) is 5.75 Å². The molecule has 3 rings (SSSR count). The summed E-state index contributed by atoms with van der Waals surface area (Å²) in [6, 6.07) is 15.9. The van der Waals surface area contributed by atoms with E-state index in [4.69, 9.17) is 9.72 Å². The van der Waals surface area contributed by atoms with Crippen LogP contribution < -0.4 is 4.74 Å². The highest BCUT2D eigenvalue weighted by molar-refractivity contribution is 5.85. The van der Waals surface area contributed by atoms with E-state index >= 15 is 0 Å². The summed E-state index contributed by atoms with van der Waals surface area (Å²) in [6.45, 7) is 7.00. The van der Waals surface area contributed by atoms with Crippen molar-refractivity contribution in [2.75, 3.05) is 6.61 Å². The molecular formula is C20H25ClN2O2. The minimum atomic E-state index is -0.596. The second kappa shape index (κ2) is 8.37. The molecule has 0 aliphatic heterocycles. The van der Waals surface area contributed by atoms with Gasteiger partial charge < -0.3 is 14.4 Å². The van der Waals surface area contributed by atoms with E-state index in [9.17, 15) is 5.11 Å². The van der Waals surface area contributed by atoms with Gasteiger partial charge in [0.2, 0.25) is 0 Å². The smallest absolute Gasteiger partial charge is 0.119 e. The fourth-order valence-electron chi connectivity index (χ4n) is 2.82. The van der Waals surface area contributed by atoms with Crippen molar-refractivity contribution in [2.45, 2.75) is 39.3 Å². The number of para-hydroxylation sites is 2. The number of aromatic nitrogens is 2. The average Bonchev–Trinajstić information content (AvgIpc) is 2.93. The molecule has 134 valence electrons. The Morgan fingerprint density at radius 3 is 2.44 bits per heavy atom. The molecule has 0 spiro atoms. The Hall–Kier alpha value is -2.04.